The summed E-state index contributed by atoms with van der Waals surface area (Å²) in [6.07, 6.45) is 3.91. The van der Waals surface area contributed by atoms with Gasteiger partial charge in [0.2, 0.25) is 0 Å². The van der Waals surface area contributed by atoms with Crippen molar-refractivity contribution in [2.24, 2.45) is 22.7 Å². The molecule has 1 aromatic carbocycles. The Morgan fingerprint density at radius 2 is 2.00 bits per heavy atom. The molecule has 2 aliphatic carbocycles. The van der Waals surface area contributed by atoms with E-state index in [9.17, 15) is 4.79 Å². The summed E-state index contributed by atoms with van der Waals surface area (Å²) in [5, 5.41) is 3.43. The van der Waals surface area contributed by atoms with Crippen molar-refractivity contribution in [1.82, 2.24) is 5.32 Å². The van der Waals surface area contributed by atoms with Crippen molar-refractivity contribution in [2.45, 2.75) is 52.2 Å². The second kappa shape index (κ2) is 5.07. The van der Waals surface area contributed by atoms with Crippen LogP contribution in [0.2, 0.25) is 0 Å². The number of carbonyl (C=O) groups is 1. The molecule has 1 aromatic rings. The van der Waals surface area contributed by atoms with Crippen molar-refractivity contribution in [3.63, 3.8) is 0 Å². The van der Waals surface area contributed by atoms with E-state index in [4.69, 9.17) is 4.74 Å². The first-order valence-electron chi connectivity index (χ1n) is 8.93. The molecule has 23 heavy (non-hydrogen) atoms. The molecule has 1 unspecified atom stereocenters. The number of ether oxygens (including phenoxy) is 1. The Bertz CT molecular complexity index is 611. The second-order valence-corrected chi connectivity index (χ2v) is 8.40. The van der Waals surface area contributed by atoms with Crippen molar-refractivity contribution in [3.8, 4) is 0 Å². The zero-order valence-corrected chi connectivity index (χ0v) is 14.3. The number of fused-ring (bicyclic) bond motifs is 1. The zero-order valence-electron chi connectivity index (χ0n) is 14.3. The third kappa shape index (κ3) is 2.09. The van der Waals surface area contributed by atoms with Crippen LogP contribution >= 0.6 is 0 Å². The smallest absolute Gasteiger partial charge is 0.251 e. The van der Waals surface area contributed by atoms with Crippen LogP contribution in [0.15, 0.2) is 30.3 Å². The summed E-state index contributed by atoms with van der Waals surface area (Å²) in [7, 11) is 0. The number of benzene rings is 1. The summed E-state index contributed by atoms with van der Waals surface area (Å²) in [5.41, 5.74) is 1.16. The fourth-order valence-electron chi connectivity index (χ4n) is 5.89. The van der Waals surface area contributed by atoms with Gasteiger partial charge < -0.3 is 10.1 Å². The standard InChI is InChI=1S/C20H27NO2/c1-13-16-11-15-12-20(16,9-10-23-13)18(19(15,2)3)21-17(22)14-7-5-4-6-8-14/h4-8,13,15-16,18H,9-12H2,1-3H3,(H,21,22)/t13-,15-,16-,18+,20?/m1/s1. The van der Waals surface area contributed by atoms with Gasteiger partial charge in [0.05, 0.1) is 6.10 Å². The SMILES string of the molecule is C[C@H]1OCCC23C[C@@H](C[C@H]12)C(C)(C)[C@@H]3NC(=O)c1ccccc1. The lowest BCUT2D eigenvalue weighted by Crippen LogP contribution is -2.59. The molecule has 1 amide bonds. The van der Waals surface area contributed by atoms with Gasteiger partial charge in [-0.3, -0.25) is 4.79 Å². The van der Waals surface area contributed by atoms with Gasteiger partial charge in [-0.15, -0.1) is 0 Å². The number of nitrogens with one attached hydrogen (secondary N) is 1. The maximum Gasteiger partial charge on any atom is 0.251 e. The van der Waals surface area contributed by atoms with E-state index in [1.54, 1.807) is 0 Å². The Balaban J connectivity index is 1.65. The van der Waals surface area contributed by atoms with Crippen molar-refractivity contribution >= 4 is 5.91 Å². The molecular weight excluding hydrogens is 286 g/mol. The molecule has 3 fully saturated rings. The maximum atomic E-state index is 12.8. The number of rotatable bonds is 2. The van der Waals surface area contributed by atoms with E-state index < -0.39 is 0 Å². The van der Waals surface area contributed by atoms with E-state index in [2.05, 4.69) is 26.1 Å². The predicted octanol–water partition coefficient (Wildman–Crippen LogP) is 3.65. The highest BCUT2D eigenvalue weighted by Crippen LogP contribution is 2.68. The van der Waals surface area contributed by atoms with E-state index in [-0.39, 0.29) is 22.8 Å². The molecule has 1 aliphatic heterocycles. The minimum Gasteiger partial charge on any atom is -0.378 e. The molecule has 3 heteroatoms. The molecule has 0 radical (unpaired) electrons. The van der Waals surface area contributed by atoms with Crippen LogP contribution in [0, 0.1) is 22.7 Å². The van der Waals surface area contributed by atoms with Crippen LogP contribution in [0.3, 0.4) is 0 Å². The van der Waals surface area contributed by atoms with E-state index in [0.29, 0.717) is 17.9 Å². The molecule has 2 bridgehead atoms. The zero-order chi connectivity index (χ0) is 16.2. The van der Waals surface area contributed by atoms with Crippen molar-refractivity contribution in [3.05, 3.63) is 35.9 Å². The summed E-state index contributed by atoms with van der Waals surface area (Å²) < 4.78 is 5.93. The van der Waals surface area contributed by atoms with Crippen LogP contribution < -0.4 is 5.32 Å². The molecule has 124 valence electrons. The number of hydrogen-bond acceptors (Lipinski definition) is 2. The third-order valence-electron chi connectivity index (χ3n) is 7.10. The average molecular weight is 313 g/mol. The fourth-order valence-corrected chi connectivity index (χ4v) is 5.89. The molecule has 3 aliphatic rings. The van der Waals surface area contributed by atoms with Gasteiger partial charge >= 0.3 is 0 Å². The minimum absolute atomic E-state index is 0.0727. The Labute approximate surface area is 138 Å². The molecule has 1 heterocycles. The number of hydrogen-bond donors (Lipinski definition) is 1. The monoisotopic (exact) mass is 313 g/mol. The summed E-state index contributed by atoms with van der Waals surface area (Å²) in [6.45, 7) is 7.74. The Kier molecular flexibility index (Phi) is 3.35. The van der Waals surface area contributed by atoms with Gasteiger partial charge in [0, 0.05) is 18.2 Å². The van der Waals surface area contributed by atoms with E-state index in [1.807, 2.05) is 30.3 Å². The first-order chi connectivity index (χ1) is 10.9. The van der Waals surface area contributed by atoms with Gasteiger partial charge in [-0.05, 0) is 61.0 Å². The van der Waals surface area contributed by atoms with E-state index in [1.165, 1.54) is 12.8 Å². The van der Waals surface area contributed by atoms with Gasteiger partial charge in [-0.1, -0.05) is 32.0 Å². The van der Waals surface area contributed by atoms with Crippen molar-refractivity contribution < 1.29 is 9.53 Å². The van der Waals surface area contributed by atoms with Crippen LogP contribution in [0.4, 0.5) is 0 Å². The lowest BCUT2D eigenvalue weighted by atomic mass is 9.59. The van der Waals surface area contributed by atoms with Crippen molar-refractivity contribution in [2.75, 3.05) is 6.61 Å². The fraction of sp³-hybridized carbons (Fsp3) is 0.650. The van der Waals surface area contributed by atoms with Crippen LogP contribution in [0.1, 0.15) is 50.4 Å². The van der Waals surface area contributed by atoms with Gasteiger partial charge in [0.25, 0.3) is 5.91 Å². The van der Waals surface area contributed by atoms with Crippen molar-refractivity contribution in [1.29, 1.82) is 0 Å². The van der Waals surface area contributed by atoms with Gasteiger partial charge in [0.15, 0.2) is 0 Å². The molecule has 1 spiro atoms. The second-order valence-electron chi connectivity index (χ2n) is 8.40. The maximum absolute atomic E-state index is 12.8. The molecule has 2 saturated carbocycles. The van der Waals surface area contributed by atoms with Gasteiger partial charge in [0.1, 0.15) is 0 Å². The molecular formula is C20H27NO2. The van der Waals surface area contributed by atoms with Crippen LogP contribution in [0.5, 0.6) is 0 Å². The summed E-state index contributed by atoms with van der Waals surface area (Å²) in [5.74, 6) is 1.36. The summed E-state index contributed by atoms with van der Waals surface area (Å²) >= 11 is 0. The topological polar surface area (TPSA) is 38.3 Å². The molecule has 0 aromatic heterocycles. The third-order valence-corrected chi connectivity index (χ3v) is 7.10. The van der Waals surface area contributed by atoms with Crippen LogP contribution in [0.25, 0.3) is 0 Å². The Hall–Kier alpha value is -1.35. The predicted molar refractivity (Wildman–Crippen MR) is 90.2 cm³/mol. The Morgan fingerprint density at radius 1 is 1.26 bits per heavy atom. The number of amides is 1. The molecule has 1 N–H and O–H groups in total. The summed E-state index contributed by atoms with van der Waals surface area (Å²) in [4.78, 5) is 12.8. The number of carbonyl (C=O) groups excluding carboxylic acids is 1. The first-order valence-corrected chi connectivity index (χ1v) is 8.93. The normalized spacial score (nSPS) is 40.7. The highest BCUT2D eigenvalue weighted by molar-refractivity contribution is 5.94. The summed E-state index contributed by atoms with van der Waals surface area (Å²) in [6, 6.07) is 9.86. The van der Waals surface area contributed by atoms with E-state index in [0.717, 1.165) is 18.6 Å². The molecule has 4 rings (SSSR count). The first kappa shape index (κ1) is 15.2. The largest absolute Gasteiger partial charge is 0.378 e. The molecule has 5 atom stereocenters. The average Bonchev–Trinajstić information content (AvgIpc) is 3.03. The minimum atomic E-state index is 0.0727. The Morgan fingerprint density at radius 3 is 2.74 bits per heavy atom. The lowest BCUT2D eigenvalue weighted by molar-refractivity contribution is -0.110. The van der Waals surface area contributed by atoms with Gasteiger partial charge in [-0.2, -0.15) is 0 Å². The van der Waals surface area contributed by atoms with E-state index >= 15 is 0 Å². The highest BCUT2D eigenvalue weighted by atomic mass is 16.5. The lowest BCUT2D eigenvalue weighted by Gasteiger charge is -2.52. The molecule has 3 nitrogen and oxygen atoms in total. The van der Waals surface area contributed by atoms with Gasteiger partial charge in [-0.25, -0.2) is 0 Å². The molecule has 1 saturated heterocycles. The van der Waals surface area contributed by atoms with Crippen LogP contribution in [-0.4, -0.2) is 24.7 Å². The quantitative estimate of drug-likeness (QED) is 0.905. The van der Waals surface area contributed by atoms with Crippen LogP contribution in [-0.2, 0) is 4.74 Å². The highest BCUT2D eigenvalue weighted by Gasteiger charge is 2.67.